The second kappa shape index (κ2) is 4.73. The molecule has 1 fully saturated rings. The van der Waals surface area contributed by atoms with E-state index in [0.29, 0.717) is 12.0 Å². The van der Waals surface area contributed by atoms with Crippen molar-refractivity contribution in [3.8, 4) is 0 Å². The zero-order chi connectivity index (χ0) is 10.7. The Morgan fingerprint density at radius 3 is 2.87 bits per heavy atom. The Morgan fingerprint density at radius 1 is 1.53 bits per heavy atom. The van der Waals surface area contributed by atoms with Crippen LogP contribution in [0.4, 0.5) is 0 Å². The second-order valence-corrected chi connectivity index (χ2v) is 4.25. The molecule has 1 aliphatic heterocycles. The minimum Gasteiger partial charge on any atom is -0.378 e. The standard InChI is InChI=1S/C12H18N2O/c1-9-11(4-7-15-9)12(13)8-10-2-5-14-6-3-10/h2-3,5-6,9,11-12H,4,7-8,13H2,1H3. The molecule has 82 valence electrons. The molecule has 2 rings (SSSR count). The lowest BCUT2D eigenvalue weighted by atomic mass is 9.90. The van der Waals surface area contributed by atoms with Crippen LogP contribution in [0.2, 0.25) is 0 Å². The normalized spacial score (nSPS) is 27.9. The fraction of sp³-hybridized carbons (Fsp3) is 0.583. The predicted molar refractivity (Wildman–Crippen MR) is 59.4 cm³/mol. The van der Waals surface area contributed by atoms with Gasteiger partial charge in [-0.25, -0.2) is 0 Å². The van der Waals surface area contributed by atoms with Crippen molar-refractivity contribution in [2.24, 2.45) is 11.7 Å². The molecule has 0 aromatic carbocycles. The summed E-state index contributed by atoms with van der Waals surface area (Å²) in [5.74, 6) is 0.498. The quantitative estimate of drug-likeness (QED) is 0.812. The van der Waals surface area contributed by atoms with Crippen LogP contribution in [0.3, 0.4) is 0 Å². The van der Waals surface area contributed by atoms with Crippen LogP contribution in [0.5, 0.6) is 0 Å². The van der Waals surface area contributed by atoms with E-state index in [-0.39, 0.29) is 6.04 Å². The Kier molecular flexibility index (Phi) is 3.34. The molecule has 3 atom stereocenters. The zero-order valence-electron chi connectivity index (χ0n) is 9.10. The van der Waals surface area contributed by atoms with Gasteiger partial charge in [-0.15, -0.1) is 0 Å². The number of hydrogen-bond donors (Lipinski definition) is 1. The maximum absolute atomic E-state index is 6.20. The van der Waals surface area contributed by atoms with Crippen molar-refractivity contribution < 1.29 is 4.74 Å². The minimum atomic E-state index is 0.199. The smallest absolute Gasteiger partial charge is 0.0590 e. The minimum absolute atomic E-state index is 0.199. The number of nitrogens with zero attached hydrogens (tertiary/aromatic N) is 1. The fourth-order valence-corrected chi connectivity index (χ4v) is 2.25. The molecule has 0 bridgehead atoms. The summed E-state index contributed by atoms with van der Waals surface area (Å²) < 4.78 is 5.53. The lowest BCUT2D eigenvalue weighted by Crippen LogP contribution is -2.36. The molecule has 0 amide bonds. The van der Waals surface area contributed by atoms with Gasteiger partial charge in [-0.3, -0.25) is 4.98 Å². The first-order valence-electron chi connectivity index (χ1n) is 5.53. The van der Waals surface area contributed by atoms with Crippen LogP contribution in [-0.4, -0.2) is 23.7 Å². The van der Waals surface area contributed by atoms with Crippen molar-refractivity contribution in [1.29, 1.82) is 0 Å². The van der Waals surface area contributed by atoms with E-state index in [1.807, 2.05) is 24.5 Å². The van der Waals surface area contributed by atoms with Gasteiger partial charge in [0.2, 0.25) is 0 Å². The highest BCUT2D eigenvalue weighted by molar-refractivity contribution is 5.11. The highest BCUT2D eigenvalue weighted by Crippen LogP contribution is 2.24. The maximum atomic E-state index is 6.20. The Labute approximate surface area is 90.7 Å². The number of rotatable bonds is 3. The summed E-state index contributed by atoms with van der Waals surface area (Å²) in [6.07, 6.45) is 5.95. The van der Waals surface area contributed by atoms with Crippen molar-refractivity contribution in [2.75, 3.05) is 6.61 Å². The van der Waals surface area contributed by atoms with Gasteiger partial charge < -0.3 is 10.5 Å². The van der Waals surface area contributed by atoms with Gasteiger partial charge >= 0.3 is 0 Å². The summed E-state index contributed by atoms with van der Waals surface area (Å²) in [6, 6.07) is 4.26. The van der Waals surface area contributed by atoms with Crippen molar-refractivity contribution >= 4 is 0 Å². The van der Waals surface area contributed by atoms with Gasteiger partial charge in [0.15, 0.2) is 0 Å². The van der Waals surface area contributed by atoms with E-state index in [9.17, 15) is 0 Å². The molecule has 2 heterocycles. The number of pyridine rings is 1. The Hall–Kier alpha value is -0.930. The first-order valence-corrected chi connectivity index (χ1v) is 5.53. The molecule has 0 aliphatic carbocycles. The van der Waals surface area contributed by atoms with E-state index in [1.165, 1.54) is 5.56 Å². The van der Waals surface area contributed by atoms with Crippen LogP contribution in [0, 0.1) is 5.92 Å². The van der Waals surface area contributed by atoms with Crippen molar-refractivity contribution in [3.05, 3.63) is 30.1 Å². The number of ether oxygens (including phenoxy) is 1. The maximum Gasteiger partial charge on any atom is 0.0590 e. The third-order valence-corrected chi connectivity index (χ3v) is 3.21. The largest absolute Gasteiger partial charge is 0.378 e. The average Bonchev–Trinajstić information content (AvgIpc) is 2.66. The summed E-state index contributed by atoms with van der Waals surface area (Å²) in [4.78, 5) is 4.00. The van der Waals surface area contributed by atoms with Gasteiger partial charge in [-0.05, 0) is 37.5 Å². The van der Waals surface area contributed by atoms with Crippen LogP contribution < -0.4 is 5.73 Å². The molecule has 3 nitrogen and oxygen atoms in total. The number of hydrogen-bond acceptors (Lipinski definition) is 3. The summed E-state index contributed by atoms with van der Waals surface area (Å²) >= 11 is 0. The summed E-state index contributed by atoms with van der Waals surface area (Å²) in [7, 11) is 0. The Bertz CT molecular complexity index is 302. The van der Waals surface area contributed by atoms with Gasteiger partial charge in [0.1, 0.15) is 0 Å². The van der Waals surface area contributed by atoms with Crippen molar-refractivity contribution in [3.63, 3.8) is 0 Å². The van der Waals surface area contributed by atoms with Gasteiger partial charge in [0, 0.05) is 31.0 Å². The molecule has 3 heteroatoms. The summed E-state index contributed by atoms with van der Waals surface area (Å²) in [5, 5.41) is 0. The lowest BCUT2D eigenvalue weighted by Gasteiger charge is -2.21. The van der Waals surface area contributed by atoms with Crippen LogP contribution in [0.1, 0.15) is 18.9 Å². The molecule has 2 N–H and O–H groups in total. The Morgan fingerprint density at radius 2 is 2.27 bits per heavy atom. The lowest BCUT2D eigenvalue weighted by molar-refractivity contribution is 0.0995. The molecular weight excluding hydrogens is 188 g/mol. The third kappa shape index (κ3) is 2.55. The van der Waals surface area contributed by atoms with Crippen LogP contribution in [-0.2, 0) is 11.2 Å². The van der Waals surface area contributed by atoms with E-state index >= 15 is 0 Å². The van der Waals surface area contributed by atoms with Gasteiger partial charge in [0.05, 0.1) is 6.10 Å². The zero-order valence-corrected chi connectivity index (χ0v) is 9.10. The molecule has 1 aromatic rings. The molecule has 1 saturated heterocycles. The first-order chi connectivity index (χ1) is 7.27. The van der Waals surface area contributed by atoms with E-state index in [4.69, 9.17) is 10.5 Å². The van der Waals surface area contributed by atoms with E-state index in [2.05, 4.69) is 11.9 Å². The molecule has 1 aromatic heterocycles. The van der Waals surface area contributed by atoms with Gasteiger partial charge in [-0.2, -0.15) is 0 Å². The summed E-state index contributed by atoms with van der Waals surface area (Å²) in [6.45, 7) is 2.97. The SMILES string of the molecule is CC1OCCC1C(N)Cc1ccncc1. The molecule has 0 saturated carbocycles. The molecular formula is C12H18N2O. The first kappa shape index (κ1) is 10.6. The van der Waals surface area contributed by atoms with Crippen molar-refractivity contribution in [2.45, 2.75) is 31.9 Å². The number of aromatic nitrogens is 1. The van der Waals surface area contributed by atoms with E-state index in [0.717, 1.165) is 19.4 Å². The number of nitrogens with two attached hydrogens (primary N) is 1. The molecule has 15 heavy (non-hydrogen) atoms. The molecule has 0 spiro atoms. The Balaban J connectivity index is 1.94. The van der Waals surface area contributed by atoms with Gasteiger partial charge in [-0.1, -0.05) is 0 Å². The monoisotopic (exact) mass is 206 g/mol. The van der Waals surface area contributed by atoms with Gasteiger partial charge in [0.25, 0.3) is 0 Å². The predicted octanol–water partition coefficient (Wildman–Crippen LogP) is 1.38. The van der Waals surface area contributed by atoms with E-state index in [1.54, 1.807) is 0 Å². The summed E-state index contributed by atoms with van der Waals surface area (Å²) in [5.41, 5.74) is 7.46. The van der Waals surface area contributed by atoms with Crippen LogP contribution >= 0.6 is 0 Å². The molecule has 0 radical (unpaired) electrons. The highest BCUT2D eigenvalue weighted by Gasteiger charge is 2.29. The van der Waals surface area contributed by atoms with Crippen molar-refractivity contribution in [1.82, 2.24) is 4.98 Å². The van der Waals surface area contributed by atoms with E-state index < -0.39 is 0 Å². The topological polar surface area (TPSA) is 48.1 Å². The molecule has 1 aliphatic rings. The third-order valence-electron chi connectivity index (χ3n) is 3.21. The molecule has 3 unspecified atom stereocenters. The van der Waals surface area contributed by atoms with Crippen LogP contribution in [0.15, 0.2) is 24.5 Å². The fourth-order valence-electron chi connectivity index (χ4n) is 2.25. The average molecular weight is 206 g/mol. The second-order valence-electron chi connectivity index (χ2n) is 4.25. The highest BCUT2D eigenvalue weighted by atomic mass is 16.5. The van der Waals surface area contributed by atoms with Crippen LogP contribution in [0.25, 0.3) is 0 Å².